The van der Waals surface area contributed by atoms with Crippen LogP contribution < -0.4 is 4.74 Å². The molecule has 188 valence electrons. The Hall–Kier alpha value is -4.33. The average molecular weight is 503 g/mol. The van der Waals surface area contributed by atoms with Crippen molar-refractivity contribution in [2.45, 2.75) is 32.2 Å². The molecule has 0 radical (unpaired) electrons. The van der Waals surface area contributed by atoms with E-state index >= 15 is 0 Å². The molecular weight excluding hydrogens is 477 g/mol. The number of hydrogen-bond acceptors (Lipinski definition) is 3. The Labute approximate surface area is 212 Å². The number of aromatic amines is 1. The van der Waals surface area contributed by atoms with Crippen molar-refractivity contribution < 1.29 is 17.9 Å². The molecule has 0 saturated heterocycles. The summed E-state index contributed by atoms with van der Waals surface area (Å²) in [5, 5.41) is 8.40. The summed E-state index contributed by atoms with van der Waals surface area (Å²) in [5.74, 6) is 2.35. The number of H-pyrrole nitrogens is 1. The third-order valence-corrected chi connectivity index (χ3v) is 6.18. The summed E-state index contributed by atoms with van der Waals surface area (Å²) in [4.78, 5) is 3.24. The lowest BCUT2D eigenvalue weighted by molar-refractivity contribution is -0.137. The molecule has 1 N–H and O–H groups in total. The van der Waals surface area contributed by atoms with Crippen LogP contribution in [0, 0.1) is 6.92 Å². The average Bonchev–Trinajstić information content (AvgIpc) is 3.59. The molecule has 0 bridgehead atoms. The van der Waals surface area contributed by atoms with Gasteiger partial charge in [-0.15, -0.1) is 10.2 Å². The van der Waals surface area contributed by atoms with Gasteiger partial charge in [0.1, 0.15) is 18.2 Å². The molecule has 37 heavy (non-hydrogen) atoms. The first kappa shape index (κ1) is 24.4. The second-order valence-corrected chi connectivity index (χ2v) is 8.85. The second kappa shape index (κ2) is 10.3. The molecule has 3 aromatic carbocycles. The van der Waals surface area contributed by atoms with E-state index in [1.54, 1.807) is 0 Å². The van der Waals surface area contributed by atoms with Crippen LogP contribution >= 0.6 is 0 Å². The summed E-state index contributed by atoms with van der Waals surface area (Å²) in [7, 11) is 0. The van der Waals surface area contributed by atoms with E-state index in [4.69, 9.17) is 4.74 Å². The van der Waals surface area contributed by atoms with Crippen molar-refractivity contribution in [1.82, 2.24) is 19.7 Å². The highest BCUT2D eigenvalue weighted by Crippen LogP contribution is 2.31. The quantitative estimate of drug-likeness (QED) is 0.248. The van der Waals surface area contributed by atoms with Crippen molar-refractivity contribution >= 4 is 0 Å². The van der Waals surface area contributed by atoms with Crippen LogP contribution in [0.15, 0.2) is 97.3 Å². The number of benzene rings is 3. The van der Waals surface area contributed by atoms with Gasteiger partial charge in [0.25, 0.3) is 0 Å². The third-order valence-electron chi connectivity index (χ3n) is 6.18. The summed E-state index contributed by atoms with van der Waals surface area (Å²) < 4.78 is 46.4. The molecule has 8 heteroatoms. The van der Waals surface area contributed by atoms with E-state index in [2.05, 4.69) is 19.7 Å². The van der Waals surface area contributed by atoms with E-state index in [-0.39, 0.29) is 6.04 Å². The van der Waals surface area contributed by atoms with E-state index in [9.17, 15) is 13.2 Å². The molecule has 0 aliphatic rings. The lowest BCUT2D eigenvalue weighted by Crippen LogP contribution is -2.13. The maximum Gasteiger partial charge on any atom is 0.416 e. The number of aromatic nitrogens is 4. The van der Waals surface area contributed by atoms with Crippen LogP contribution in [-0.4, -0.2) is 19.7 Å². The van der Waals surface area contributed by atoms with Crippen LogP contribution in [0.25, 0.3) is 11.1 Å². The first-order valence-corrected chi connectivity index (χ1v) is 11.8. The number of alkyl halides is 3. The van der Waals surface area contributed by atoms with E-state index in [0.717, 1.165) is 58.2 Å². The van der Waals surface area contributed by atoms with Crippen molar-refractivity contribution in [3.8, 4) is 16.9 Å². The molecule has 0 fully saturated rings. The second-order valence-electron chi connectivity index (χ2n) is 8.85. The zero-order valence-electron chi connectivity index (χ0n) is 20.1. The number of ether oxygens (including phenoxy) is 1. The lowest BCUT2D eigenvalue weighted by atomic mass is 10.0. The van der Waals surface area contributed by atoms with Gasteiger partial charge in [-0.1, -0.05) is 48.5 Å². The fourth-order valence-electron chi connectivity index (χ4n) is 4.17. The number of halogens is 3. The van der Waals surface area contributed by atoms with Gasteiger partial charge in [-0.05, 0) is 65.6 Å². The van der Waals surface area contributed by atoms with Gasteiger partial charge in [0, 0.05) is 18.8 Å². The highest BCUT2D eigenvalue weighted by Gasteiger charge is 2.30. The molecule has 2 heterocycles. The summed E-state index contributed by atoms with van der Waals surface area (Å²) in [6, 6.07) is 24.8. The molecule has 0 spiro atoms. The minimum Gasteiger partial charge on any atom is -0.489 e. The third kappa shape index (κ3) is 5.91. The number of nitrogens with one attached hydrogen (secondary N) is 1. The fraction of sp³-hybridized carbons (Fsp3) is 0.172. The van der Waals surface area contributed by atoms with Crippen molar-refractivity contribution in [3.63, 3.8) is 0 Å². The maximum atomic E-state index is 12.8. The van der Waals surface area contributed by atoms with Crippen molar-refractivity contribution in [2.75, 3.05) is 0 Å². The zero-order chi connectivity index (χ0) is 25.8. The fourth-order valence-corrected chi connectivity index (χ4v) is 4.17. The van der Waals surface area contributed by atoms with Crippen LogP contribution in [0.2, 0.25) is 0 Å². The van der Waals surface area contributed by atoms with Crippen LogP contribution in [0.5, 0.6) is 5.75 Å². The number of aryl methyl sites for hydroxylation is 1. The Morgan fingerprint density at radius 3 is 1.97 bits per heavy atom. The molecule has 0 unspecified atom stereocenters. The Kier molecular flexibility index (Phi) is 6.81. The molecule has 0 saturated carbocycles. The normalized spacial score (nSPS) is 12.4. The highest BCUT2D eigenvalue weighted by molar-refractivity contribution is 5.64. The van der Waals surface area contributed by atoms with Crippen molar-refractivity contribution in [2.24, 2.45) is 0 Å². The SMILES string of the molecule is Cc1nnc([C@H](Cc2ccc(OCc3ccc(-c4ccc(C(F)(F)F)cc4)cc3)cc2)n2cccc2)[nH]1. The minimum absolute atomic E-state index is 0.00569. The molecule has 5 nitrogen and oxygen atoms in total. The molecule has 0 aliphatic heterocycles. The van der Waals surface area contributed by atoms with E-state index in [0.29, 0.717) is 6.61 Å². The Balaban J connectivity index is 1.20. The van der Waals surface area contributed by atoms with E-state index in [1.807, 2.05) is 80.0 Å². The molecule has 0 amide bonds. The van der Waals surface area contributed by atoms with Crippen molar-refractivity contribution in [1.29, 1.82) is 0 Å². The van der Waals surface area contributed by atoms with Gasteiger partial charge in [-0.2, -0.15) is 13.2 Å². The highest BCUT2D eigenvalue weighted by atomic mass is 19.4. The topological polar surface area (TPSA) is 55.7 Å². The summed E-state index contributed by atoms with van der Waals surface area (Å²) in [5.41, 5.74) is 3.03. The number of nitrogens with zero attached hydrogens (tertiary/aromatic N) is 3. The zero-order valence-corrected chi connectivity index (χ0v) is 20.1. The van der Waals surface area contributed by atoms with Crippen LogP contribution in [-0.2, 0) is 19.2 Å². The van der Waals surface area contributed by atoms with Gasteiger partial charge in [0.05, 0.1) is 11.6 Å². The van der Waals surface area contributed by atoms with Gasteiger partial charge in [-0.3, -0.25) is 0 Å². The van der Waals surface area contributed by atoms with Gasteiger partial charge >= 0.3 is 6.18 Å². The lowest BCUT2D eigenvalue weighted by Gasteiger charge is -2.17. The van der Waals surface area contributed by atoms with Crippen LogP contribution in [0.4, 0.5) is 13.2 Å². The van der Waals surface area contributed by atoms with Gasteiger partial charge in [-0.25, -0.2) is 0 Å². The molecular formula is C29H25F3N4O. The minimum atomic E-state index is -4.34. The summed E-state index contributed by atoms with van der Waals surface area (Å²) >= 11 is 0. The molecule has 0 aliphatic carbocycles. The van der Waals surface area contributed by atoms with Crippen LogP contribution in [0.1, 0.15) is 34.4 Å². The Morgan fingerprint density at radius 1 is 0.811 bits per heavy atom. The van der Waals surface area contributed by atoms with Gasteiger partial charge in [0.2, 0.25) is 0 Å². The molecule has 2 aromatic heterocycles. The van der Waals surface area contributed by atoms with Gasteiger partial charge in [0.15, 0.2) is 5.82 Å². The standard InChI is InChI=1S/C29H25F3N4O/c1-20-33-28(35-34-20)27(36-16-2-3-17-36)18-21-6-14-26(15-7-21)37-19-22-4-8-23(9-5-22)24-10-12-25(13-11-24)29(30,31)32/h2-17,27H,18-19H2,1H3,(H,33,34,35)/t27-/m0/s1. The predicted molar refractivity (Wildman–Crippen MR) is 135 cm³/mol. The molecule has 1 atom stereocenters. The Morgan fingerprint density at radius 2 is 1.41 bits per heavy atom. The van der Waals surface area contributed by atoms with Gasteiger partial charge < -0.3 is 14.3 Å². The number of rotatable bonds is 8. The predicted octanol–water partition coefficient (Wildman–Crippen LogP) is 7.01. The summed E-state index contributed by atoms with van der Waals surface area (Å²) in [6.07, 6.45) is 0.443. The summed E-state index contributed by atoms with van der Waals surface area (Å²) in [6.45, 7) is 2.27. The first-order chi connectivity index (χ1) is 17.8. The number of hydrogen-bond donors (Lipinski definition) is 1. The maximum absolute atomic E-state index is 12.8. The van der Waals surface area contributed by atoms with Crippen molar-refractivity contribution in [3.05, 3.63) is 126 Å². The Bertz CT molecular complexity index is 1420. The van der Waals surface area contributed by atoms with E-state index < -0.39 is 11.7 Å². The molecule has 5 aromatic rings. The smallest absolute Gasteiger partial charge is 0.416 e. The largest absolute Gasteiger partial charge is 0.489 e. The van der Waals surface area contributed by atoms with E-state index in [1.165, 1.54) is 12.1 Å². The monoisotopic (exact) mass is 502 g/mol. The first-order valence-electron chi connectivity index (χ1n) is 11.8. The molecule has 5 rings (SSSR count). The van der Waals surface area contributed by atoms with Crippen LogP contribution in [0.3, 0.4) is 0 Å².